The lowest BCUT2D eigenvalue weighted by atomic mass is 9.70. The molecule has 0 N–H and O–H groups in total. The van der Waals surface area contributed by atoms with Crippen molar-refractivity contribution in [2.24, 2.45) is 5.41 Å². The second-order valence-electron chi connectivity index (χ2n) is 5.60. The summed E-state index contributed by atoms with van der Waals surface area (Å²) in [6.45, 7) is 4.67. The molecule has 0 spiro atoms. The second kappa shape index (κ2) is 6.60. The highest BCUT2D eigenvalue weighted by atomic mass is 79.9. The summed E-state index contributed by atoms with van der Waals surface area (Å²) in [6.07, 6.45) is 6.72. The lowest BCUT2D eigenvalue weighted by molar-refractivity contribution is 0.177. The number of rotatable bonds is 7. The largest absolute Gasteiger partial charge is 0.371 e. The van der Waals surface area contributed by atoms with E-state index < -0.39 is 0 Å². The molecule has 1 aliphatic carbocycles. The summed E-state index contributed by atoms with van der Waals surface area (Å²) >= 11 is 3.73. The van der Waals surface area contributed by atoms with Gasteiger partial charge >= 0.3 is 0 Å². The second-order valence-corrected chi connectivity index (χ2v) is 6.16. The van der Waals surface area contributed by atoms with E-state index in [-0.39, 0.29) is 0 Å². The summed E-state index contributed by atoms with van der Waals surface area (Å²) in [4.78, 5) is 2.59. The Bertz CT molecular complexity index is 340. The van der Waals surface area contributed by atoms with Crippen molar-refractivity contribution in [1.29, 1.82) is 0 Å². The van der Waals surface area contributed by atoms with Crippen LogP contribution in [0.25, 0.3) is 0 Å². The van der Waals surface area contributed by atoms with E-state index in [2.05, 4.69) is 58.1 Å². The van der Waals surface area contributed by atoms with Crippen LogP contribution in [0.3, 0.4) is 0 Å². The van der Waals surface area contributed by atoms with Crippen LogP contribution in [0.15, 0.2) is 30.3 Å². The molecule has 1 aromatic carbocycles. The summed E-state index contributed by atoms with van der Waals surface area (Å²) in [5, 5.41) is 1.15. The number of para-hydroxylation sites is 1. The Hall–Kier alpha value is -0.500. The molecule has 0 aromatic heterocycles. The van der Waals surface area contributed by atoms with Crippen molar-refractivity contribution < 1.29 is 0 Å². The van der Waals surface area contributed by atoms with Gasteiger partial charge in [0.2, 0.25) is 0 Å². The van der Waals surface area contributed by atoms with Gasteiger partial charge in [0.05, 0.1) is 0 Å². The van der Waals surface area contributed by atoms with Gasteiger partial charge in [0.25, 0.3) is 0 Å². The predicted molar refractivity (Wildman–Crippen MR) is 83.6 cm³/mol. The van der Waals surface area contributed by atoms with Gasteiger partial charge in [-0.2, -0.15) is 0 Å². The number of nitrogens with zero attached hydrogens (tertiary/aromatic N) is 1. The summed E-state index contributed by atoms with van der Waals surface area (Å²) in [7, 11) is 0. The highest BCUT2D eigenvalue weighted by molar-refractivity contribution is 9.09. The monoisotopic (exact) mass is 309 g/mol. The molecule has 100 valence electrons. The molecule has 1 fully saturated rings. The zero-order chi connectivity index (χ0) is 12.8. The van der Waals surface area contributed by atoms with Crippen LogP contribution in [0, 0.1) is 5.41 Å². The molecule has 2 rings (SSSR count). The molecule has 1 aliphatic rings. The minimum absolute atomic E-state index is 0.531. The third-order valence-corrected chi connectivity index (χ3v) is 5.32. The van der Waals surface area contributed by atoms with Crippen molar-refractivity contribution in [2.45, 2.75) is 39.0 Å². The van der Waals surface area contributed by atoms with Gasteiger partial charge in [-0.1, -0.05) is 53.9 Å². The Morgan fingerprint density at radius 1 is 1.22 bits per heavy atom. The first-order valence-electron chi connectivity index (χ1n) is 7.16. The van der Waals surface area contributed by atoms with E-state index in [1.165, 1.54) is 50.9 Å². The fourth-order valence-electron chi connectivity index (χ4n) is 2.70. The Labute approximate surface area is 120 Å². The van der Waals surface area contributed by atoms with Crippen LogP contribution in [-0.2, 0) is 0 Å². The number of unbranched alkanes of at least 4 members (excludes halogenated alkanes) is 1. The van der Waals surface area contributed by atoms with Gasteiger partial charge < -0.3 is 4.90 Å². The zero-order valence-corrected chi connectivity index (χ0v) is 13.0. The van der Waals surface area contributed by atoms with Crippen LogP contribution >= 0.6 is 15.9 Å². The van der Waals surface area contributed by atoms with Crippen molar-refractivity contribution >= 4 is 21.6 Å². The lowest BCUT2D eigenvalue weighted by Gasteiger charge is -2.44. The van der Waals surface area contributed by atoms with Gasteiger partial charge in [-0.3, -0.25) is 0 Å². The average Bonchev–Trinajstić information content (AvgIpc) is 2.38. The summed E-state index contributed by atoms with van der Waals surface area (Å²) in [5.41, 5.74) is 1.92. The van der Waals surface area contributed by atoms with E-state index in [0.29, 0.717) is 5.41 Å². The first kappa shape index (κ1) is 13.9. The molecule has 0 heterocycles. The number of hydrogen-bond acceptors (Lipinski definition) is 1. The molecule has 1 nitrogen and oxygen atoms in total. The molecule has 0 radical (unpaired) electrons. The molecule has 0 amide bonds. The molecule has 18 heavy (non-hydrogen) atoms. The predicted octanol–water partition coefficient (Wildman–Crippen LogP) is 4.86. The highest BCUT2D eigenvalue weighted by Gasteiger charge is 2.37. The first-order chi connectivity index (χ1) is 8.79. The minimum atomic E-state index is 0.531. The Morgan fingerprint density at radius 3 is 2.44 bits per heavy atom. The van der Waals surface area contributed by atoms with Gasteiger partial charge in [0.15, 0.2) is 0 Å². The van der Waals surface area contributed by atoms with Crippen LogP contribution in [0.2, 0.25) is 0 Å². The Morgan fingerprint density at radius 2 is 1.94 bits per heavy atom. The molecule has 0 unspecified atom stereocenters. The number of hydrogen-bond donors (Lipinski definition) is 0. The van der Waals surface area contributed by atoms with E-state index >= 15 is 0 Å². The third-order valence-electron chi connectivity index (χ3n) is 4.13. The summed E-state index contributed by atoms with van der Waals surface area (Å²) < 4.78 is 0. The minimum Gasteiger partial charge on any atom is -0.371 e. The molecule has 1 aromatic rings. The Kier molecular flexibility index (Phi) is 5.11. The van der Waals surface area contributed by atoms with Crippen molar-refractivity contribution in [2.75, 3.05) is 23.3 Å². The van der Waals surface area contributed by atoms with Crippen LogP contribution < -0.4 is 4.90 Å². The van der Waals surface area contributed by atoms with E-state index in [1.807, 2.05) is 0 Å². The maximum absolute atomic E-state index is 3.73. The molecule has 0 saturated heterocycles. The van der Waals surface area contributed by atoms with E-state index in [1.54, 1.807) is 0 Å². The standard InChI is InChI=1S/C16H24BrN/c1-2-3-12-18(15-8-5-4-6-9-15)14-16(13-17)10-7-11-16/h4-6,8-9H,2-3,7,10-14H2,1H3. The van der Waals surface area contributed by atoms with Crippen molar-refractivity contribution in [3.63, 3.8) is 0 Å². The molecular formula is C16H24BrN. The maximum Gasteiger partial charge on any atom is 0.0366 e. The summed E-state index contributed by atoms with van der Waals surface area (Å²) in [6, 6.07) is 10.9. The average molecular weight is 310 g/mol. The lowest BCUT2D eigenvalue weighted by Crippen LogP contribution is -2.44. The molecular weight excluding hydrogens is 286 g/mol. The van der Waals surface area contributed by atoms with Gasteiger partial charge in [-0.25, -0.2) is 0 Å². The van der Waals surface area contributed by atoms with Crippen LogP contribution in [-0.4, -0.2) is 18.4 Å². The fourth-order valence-corrected chi connectivity index (χ4v) is 3.44. The first-order valence-corrected chi connectivity index (χ1v) is 8.28. The Balaban J connectivity index is 2.05. The van der Waals surface area contributed by atoms with Gasteiger partial charge in [0.1, 0.15) is 0 Å². The van der Waals surface area contributed by atoms with E-state index in [4.69, 9.17) is 0 Å². The molecule has 1 saturated carbocycles. The van der Waals surface area contributed by atoms with E-state index in [0.717, 1.165) is 5.33 Å². The number of halogens is 1. The molecule has 0 atom stereocenters. The van der Waals surface area contributed by atoms with E-state index in [9.17, 15) is 0 Å². The van der Waals surface area contributed by atoms with Crippen LogP contribution in [0.5, 0.6) is 0 Å². The smallest absolute Gasteiger partial charge is 0.0366 e. The third kappa shape index (κ3) is 3.28. The maximum atomic E-state index is 3.73. The van der Waals surface area contributed by atoms with Crippen molar-refractivity contribution in [3.8, 4) is 0 Å². The normalized spacial score (nSPS) is 17.2. The van der Waals surface area contributed by atoms with Crippen molar-refractivity contribution in [1.82, 2.24) is 0 Å². The topological polar surface area (TPSA) is 3.24 Å². The SMILES string of the molecule is CCCCN(CC1(CBr)CCC1)c1ccccc1. The quantitative estimate of drug-likeness (QED) is 0.650. The fraction of sp³-hybridized carbons (Fsp3) is 0.625. The zero-order valence-electron chi connectivity index (χ0n) is 11.4. The van der Waals surface area contributed by atoms with Crippen LogP contribution in [0.1, 0.15) is 39.0 Å². The molecule has 2 heteroatoms. The number of anilines is 1. The van der Waals surface area contributed by atoms with Gasteiger partial charge in [0, 0.05) is 24.1 Å². The molecule has 0 bridgehead atoms. The highest BCUT2D eigenvalue weighted by Crippen LogP contribution is 2.43. The van der Waals surface area contributed by atoms with Crippen molar-refractivity contribution in [3.05, 3.63) is 30.3 Å². The summed E-state index contributed by atoms with van der Waals surface area (Å²) in [5.74, 6) is 0. The van der Waals surface area contributed by atoms with Gasteiger partial charge in [-0.15, -0.1) is 0 Å². The molecule has 0 aliphatic heterocycles. The number of alkyl halides is 1. The number of benzene rings is 1. The van der Waals surface area contributed by atoms with Gasteiger partial charge in [-0.05, 0) is 36.8 Å². The van der Waals surface area contributed by atoms with Crippen LogP contribution in [0.4, 0.5) is 5.69 Å².